The number of nitriles is 1. The first-order valence-corrected chi connectivity index (χ1v) is 12.4. The molecule has 6 nitrogen and oxygen atoms in total. The summed E-state index contributed by atoms with van der Waals surface area (Å²) in [6.45, 7) is 6.69. The normalized spacial score (nSPS) is 15.9. The quantitative estimate of drug-likeness (QED) is 0.190. The number of rotatable bonds is 5. The molecule has 0 spiro atoms. The molecule has 37 heavy (non-hydrogen) atoms. The number of nitro benzene ring substituents is 1. The standard InChI is InChI=1S/C27H24F3N3O3S/c1-26(2,3)17-7-9-20-21(14-31)25(37-24(20)13-17)32-15-16-5-4-6-19(11-16)36-23-10-8-18(27(28,29)30)12-22(23)33(34)35/h4-6,8,10-12,15,17H,7,9,13H2,1-3H3/t17-/m1/s1. The highest BCUT2D eigenvalue weighted by molar-refractivity contribution is 7.16. The Balaban J connectivity index is 1.58. The molecule has 0 aliphatic heterocycles. The summed E-state index contributed by atoms with van der Waals surface area (Å²) in [5.41, 5.74) is 0.539. The number of halogens is 3. The molecule has 192 valence electrons. The van der Waals surface area contributed by atoms with Crippen molar-refractivity contribution in [1.29, 1.82) is 5.26 Å². The van der Waals surface area contributed by atoms with Crippen molar-refractivity contribution < 1.29 is 22.8 Å². The fourth-order valence-electron chi connectivity index (χ4n) is 4.36. The first-order valence-electron chi connectivity index (χ1n) is 11.6. The number of ether oxygens (including phenoxy) is 1. The molecule has 0 amide bonds. The molecule has 1 heterocycles. The summed E-state index contributed by atoms with van der Waals surface area (Å²) >= 11 is 1.52. The molecule has 0 saturated heterocycles. The van der Waals surface area contributed by atoms with Crippen molar-refractivity contribution in [2.75, 3.05) is 0 Å². The minimum Gasteiger partial charge on any atom is -0.450 e. The van der Waals surface area contributed by atoms with E-state index in [0.29, 0.717) is 28.1 Å². The number of alkyl halides is 3. The summed E-state index contributed by atoms with van der Waals surface area (Å²) in [7, 11) is 0. The SMILES string of the molecule is CC(C)(C)[C@@H]1CCc2c(sc(N=Cc3cccc(Oc4ccc(C(F)(F)F)cc4[N+](=O)[O-])c3)c2C#N)C1. The Hall–Kier alpha value is -3.71. The lowest BCUT2D eigenvalue weighted by atomic mass is 9.72. The van der Waals surface area contributed by atoms with Gasteiger partial charge in [-0.3, -0.25) is 10.1 Å². The monoisotopic (exact) mass is 527 g/mol. The molecule has 10 heteroatoms. The summed E-state index contributed by atoms with van der Waals surface area (Å²) in [6.07, 6.45) is -0.338. The summed E-state index contributed by atoms with van der Waals surface area (Å²) in [5.74, 6) is 0.425. The van der Waals surface area contributed by atoms with Crippen molar-refractivity contribution in [2.24, 2.45) is 16.3 Å². The molecule has 2 aromatic carbocycles. The van der Waals surface area contributed by atoms with Gasteiger partial charge in [-0.2, -0.15) is 18.4 Å². The highest BCUT2D eigenvalue weighted by Gasteiger charge is 2.34. The van der Waals surface area contributed by atoms with Crippen LogP contribution in [0.4, 0.5) is 23.9 Å². The van der Waals surface area contributed by atoms with E-state index >= 15 is 0 Å². The molecule has 3 aromatic rings. The van der Waals surface area contributed by atoms with Gasteiger partial charge in [-0.1, -0.05) is 32.9 Å². The number of fused-ring (bicyclic) bond motifs is 1. The van der Waals surface area contributed by atoms with Gasteiger partial charge in [-0.25, -0.2) is 4.99 Å². The molecule has 1 aliphatic rings. The number of nitrogens with zero attached hydrogens (tertiary/aromatic N) is 3. The lowest BCUT2D eigenvalue weighted by Crippen LogP contribution is -2.26. The zero-order chi connectivity index (χ0) is 27.0. The predicted molar refractivity (Wildman–Crippen MR) is 136 cm³/mol. The van der Waals surface area contributed by atoms with Crippen LogP contribution in [0.3, 0.4) is 0 Å². The predicted octanol–water partition coefficient (Wildman–Crippen LogP) is 8.24. The van der Waals surface area contributed by atoms with Crippen molar-refractivity contribution in [2.45, 2.75) is 46.2 Å². The first-order chi connectivity index (χ1) is 17.4. The van der Waals surface area contributed by atoms with Crippen molar-refractivity contribution in [3.63, 3.8) is 0 Å². The first kappa shape index (κ1) is 26.4. The van der Waals surface area contributed by atoms with Gasteiger partial charge in [0.05, 0.1) is 16.1 Å². The van der Waals surface area contributed by atoms with Gasteiger partial charge in [-0.15, -0.1) is 11.3 Å². The summed E-state index contributed by atoms with van der Waals surface area (Å²) in [5, 5.41) is 21.8. The highest BCUT2D eigenvalue weighted by Crippen LogP contribution is 2.45. The third kappa shape index (κ3) is 5.83. The topological polar surface area (TPSA) is 88.5 Å². The van der Waals surface area contributed by atoms with Gasteiger partial charge < -0.3 is 4.74 Å². The van der Waals surface area contributed by atoms with Crippen LogP contribution in [0.25, 0.3) is 0 Å². The summed E-state index contributed by atoms with van der Waals surface area (Å²) in [6, 6.07) is 10.9. The molecule has 0 bridgehead atoms. The highest BCUT2D eigenvalue weighted by atomic mass is 32.1. The number of hydrogen-bond acceptors (Lipinski definition) is 6. The average molecular weight is 528 g/mol. The number of hydrogen-bond donors (Lipinski definition) is 0. The third-order valence-electron chi connectivity index (χ3n) is 6.48. The van der Waals surface area contributed by atoms with Crippen molar-refractivity contribution in [1.82, 2.24) is 0 Å². The largest absolute Gasteiger partial charge is 0.450 e. The second kappa shape index (κ2) is 9.98. The number of benzene rings is 2. The lowest BCUT2D eigenvalue weighted by molar-refractivity contribution is -0.385. The molecule has 4 rings (SSSR count). The van der Waals surface area contributed by atoms with Gasteiger partial charge in [0.1, 0.15) is 16.8 Å². The van der Waals surface area contributed by atoms with Crippen LogP contribution in [0.5, 0.6) is 11.5 Å². The Bertz CT molecular complexity index is 1410. The molecule has 0 saturated carbocycles. The van der Waals surface area contributed by atoms with Gasteiger partial charge in [0.15, 0.2) is 0 Å². The van der Waals surface area contributed by atoms with E-state index in [9.17, 15) is 28.5 Å². The number of nitro groups is 1. The van der Waals surface area contributed by atoms with Crippen LogP contribution in [0.2, 0.25) is 0 Å². The molecular weight excluding hydrogens is 503 g/mol. The van der Waals surface area contributed by atoms with E-state index in [-0.39, 0.29) is 16.9 Å². The van der Waals surface area contributed by atoms with Crippen LogP contribution in [0.15, 0.2) is 47.5 Å². The van der Waals surface area contributed by atoms with E-state index in [1.54, 1.807) is 24.4 Å². The van der Waals surface area contributed by atoms with Crippen LogP contribution < -0.4 is 4.74 Å². The van der Waals surface area contributed by atoms with Gasteiger partial charge in [-0.05, 0) is 66.0 Å². The van der Waals surface area contributed by atoms with Crippen molar-refractivity contribution in [3.8, 4) is 17.6 Å². The van der Waals surface area contributed by atoms with Gasteiger partial charge in [0, 0.05) is 17.2 Å². The van der Waals surface area contributed by atoms with E-state index in [0.717, 1.165) is 37.0 Å². The summed E-state index contributed by atoms with van der Waals surface area (Å²) < 4.78 is 44.5. The second-order valence-corrected chi connectivity index (χ2v) is 11.1. The molecule has 0 radical (unpaired) electrons. The maximum Gasteiger partial charge on any atom is 0.416 e. The summed E-state index contributed by atoms with van der Waals surface area (Å²) in [4.78, 5) is 16.2. The average Bonchev–Trinajstić information content (AvgIpc) is 3.18. The van der Waals surface area contributed by atoms with E-state index in [4.69, 9.17) is 4.74 Å². The maximum atomic E-state index is 13.0. The molecule has 1 aliphatic carbocycles. The Morgan fingerprint density at radius 2 is 1.97 bits per heavy atom. The van der Waals surface area contributed by atoms with Crippen LogP contribution >= 0.6 is 11.3 Å². The number of aliphatic imine (C=N–C) groups is 1. The smallest absolute Gasteiger partial charge is 0.416 e. The van der Waals surface area contributed by atoms with E-state index in [1.807, 2.05) is 0 Å². The molecule has 0 fully saturated rings. The Morgan fingerprint density at radius 1 is 1.22 bits per heavy atom. The zero-order valence-corrected chi connectivity index (χ0v) is 21.2. The fraction of sp³-hybridized carbons (Fsp3) is 0.333. The van der Waals surface area contributed by atoms with Gasteiger partial charge in [0.25, 0.3) is 0 Å². The Labute approximate surface area is 216 Å². The fourth-order valence-corrected chi connectivity index (χ4v) is 5.58. The zero-order valence-electron chi connectivity index (χ0n) is 20.4. The van der Waals surface area contributed by atoms with Crippen LogP contribution in [-0.4, -0.2) is 11.1 Å². The van der Waals surface area contributed by atoms with Crippen LogP contribution in [0, 0.1) is 32.8 Å². The lowest BCUT2D eigenvalue weighted by Gasteiger charge is -2.33. The second-order valence-electron chi connectivity index (χ2n) is 9.97. The van der Waals surface area contributed by atoms with Crippen LogP contribution in [-0.2, 0) is 19.0 Å². The third-order valence-corrected chi connectivity index (χ3v) is 7.65. The van der Waals surface area contributed by atoms with E-state index < -0.39 is 22.4 Å². The van der Waals surface area contributed by atoms with Crippen molar-refractivity contribution in [3.05, 3.63) is 79.7 Å². The Morgan fingerprint density at radius 3 is 2.62 bits per heavy atom. The Kier molecular flexibility index (Phi) is 7.11. The van der Waals surface area contributed by atoms with Crippen LogP contribution in [0.1, 0.15) is 54.3 Å². The van der Waals surface area contributed by atoms with Crippen molar-refractivity contribution >= 4 is 28.2 Å². The van der Waals surface area contributed by atoms with Gasteiger partial charge >= 0.3 is 11.9 Å². The van der Waals surface area contributed by atoms with E-state index in [2.05, 4.69) is 31.8 Å². The maximum absolute atomic E-state index is 13.0. The molecule has 0 N–H and O–H groups in total. The molecule has 1 aromatic heterocycles. The molecular formula is C27H24F3N3O3S. The minimum atomic E-state index is -4.71. The van der Waals surface area contributed by atoms with E-state index in [1.165, 1.54) is 22.3 Å². The van der Waals surface area contributed by atoms with Gasteiger partial charge in [0.2, 0.25) is 5.75 Å². The molecule has 1 atom stereocenters. The minimum absolute atomic E-state index is 0.181. The molecule has 0 unspecified atom stereocenters. The number of thiophene rings is 1.